The number of thiophene rings is 1. The van der Waals surface area contributed by atoms with Crippen LogP contribution in [0.15, 0.2) is 34.7 Å². The summed E-state index contributed by atoms with van der Waals surface area (Å²) >= 11 is 6.77. The molecule has 3 aromatic heterocycles. The highest BCUT2D eigenvalue weighted by atomic mass is 35.5. The normalized spacial score (nSPS) is 15.6. The van der Waals surface area contributed by atoms with Gasteiger partial charge in [0.2, 0.25) is 5.91 Å². The second kappa shape index (κ2) is 8.87. The van der Waals surface area contributed by atoms with Crippen LogP contribution >= 0.6 is 22.9 Å². The van der Waals surface area contributed by atoms with Gasteiger partial charge in [0.25, 0.3) is 10.0 Å². The van der Waals surface area contributed by atoms with Gasteiger partial charge in [-0.1, -0.05) is 11.6 Å². The molecule has 4 heterocycles. The van der Waals surface area contributed by atoms with Crippen molar-refractivity contribution in [1.29, 1.82) is 0 Å². The van der Waals surface area contributed by atoms with Crippen molar-refractivity contribution in [2.24, 2.45) is 0 Å². The van der Waals surface area contributed by atoms with Gasteiger partial charge >= 0.3 is 0 Å². The Hall–Kier alpha value is -1.98. The first-order valence-electron chi connectivity index (χ1n) is 9.92. The van der Waals surface area contributed by atoms with Gasteiger partial charge in [-0.3, -0.25) is 9.69 Å². The Labute approximate surface area is 190 Å². The number of halogens is 1. The lowest BCUT2D eigenvalue weighted by molar-refractivity contribution is -0.131. The smallest absolute Gasteiger partial charge is 0.250 e. The average molecular weight is 482 g/mol. The van der Waals surface area contributed by atoms with Crippen LogP contribution in [0.1, 0.15) is 17.0 Å². The van der Waals surface area contributed by atoms with Crippen molar-refractivity contribution >= 4 is 44.5 Å². The molecule has 4 rings (SSSR count). The average Bonchev–Trinajstić information content (AvgIpc) is 3.30. The van der Waals surface area contributed by atoms with Crippen molar-refractivity contribution in [3.05, 3.63) is 51.7 Å². The Morgan fingerprint density at radius 3 is 2.61 bits per heavy atom. The maximum atomic E-state index is 12.5. The van der Waals surface area contributed by atoms with E-state index in [4.69, 9.17) is 11.6 Å². The number of amides is 1. The molecule has 1 aliphatic heterocycles. The molecule has 0 spiro atoms. The first kappa shape index (κ1) is 22.2. The summed E-state index contributed by atoms with van der Waals surface area (Å²) in [5.41, 5.74) is 4.28. The maximum Gasteiger partial charge on any atom is 0.250 e. The van der Waals surface area contributed by atoms with E-state index in [-0.39, 0.29) is 16.7 Å². The summed E-state index contributed by atoms with van der Waals surface area (Å²) < 4.78 is 29.5. The molecule has 1 aliphatic rings. The molecule has 3 aromatic rings. The van der Waals surface area contributed by atoms with Crippen LogP contribution in [0.3, 0.4) is 0 Å². The van der Waals surface area contributed by atoms with Crippen molar-refractivity contribution in [1.82, 2.24) is 23.9 Å². The van der Waals surface area contributed by atoms with Crippen molar-refractivity contribution in [3.63, 3.8) is 0 Å². The summed E-state index contributed by atoms with van der Waals surface area (Å²) in [5.74, 6) is -0.229. The van der Waals surface area contributed by atoms with Gasteiger partial charge in [0, 0.05) is 38.9 Å². The molecule has 11 heteroatoms. The number of sulfonamides is 1. The Balaban J connectivity index is 1.32. The van der Waals surface area contributed by atoms with Crippen LogP contribution in [-0.2, 0) is 21.4 Å². The van der Waals surface area contributed by atoms with Gasteiger partial charge in [-0.2, -0.15) is 0 Å². The molecular formula is C20H24ClN5O3S2. The van der Waals surface area contributed by atoms with Gasteiger partial charge in [0.1, 0.15) is 9.86 Å². The molecule has 1 N–H and O–H groups in total. The second-order valence-corrected chi connectivity index (χ2v) is 11.3. The Kier molecular flexibility index (Phi) is 6.36. The fourth-order valence-electron chi connectivity index (χ4n) is 3.65. The Bertz CT molecular complexity index is 1210. The van der Waals surface area contributed by atoms with Gasteiger partial charge in [0.05, 0.1) is 22.3 Å². The molecular weight excluding hydrogens is 458 g/mol. The minimum Gasteiger partial charge on any atom is -0.339 e. The van der Waals surface area contributed by atoms with Crippen LogP contribution in [0.25, 0.3) is 5.65 Å². The predicted octanol–water partition coefficient (Wildman–Crippen LogP) is 2.29. The molecule has 0 saturated carbocycles. The molecule has 1 fully saturated rings. The number of piperazine rings is 1. The lowest BCUT2D eigenvalue weighted by atomic mass is 10.2. The number of imidazole rings is 1. The lowest BCUT2D eigenvalue weighted by Gasteiger charge is -2.34. The zero-order valence-electron chi connectivity index (χ0n) is 17.3. The van der Waals surface area contributed by atoms with Crippen LogP contribution < -0.4 is 4.72 Å². The fraction of sp³-hybridized carbons (Fsp3) is 0.400. The number of hydrogen-bond donors (Lipinski definition) is 1. The number of fused-ring (bicyclic) bond motifs is 1. The zero-order valence-corrected chi connectivity index (χ0v) is 19.7. The van der Waals surface area contributed by atoms with E-state index in [1.54, 1.807) is 4.90 Å². The molecule has 0 aliphatic carbocycles. The first-order chi connectivity index (χ1) is 14.7. The van der Waals surface area contributed by atoms with Crippen LogP contribution in [0.4, 0.5) is 0 Å². The van der Waals surface area contributed by atoms with E-state index in [0.717, 1.165) is 48.0 Å². The monoisotopic (exact) mass is 481 g/mol. The SMILES string of the molecule is Cc1ccn2c(CN3CCN(C(=O)CNS(=O)(=O)c4ccc(Cl)s4)CC3)c(C)nc2c1. The van der Waals surface area contributed by atoms with Gasteiger partial charge in [0.15, 0.2) is 0 Å². The topological polar surface area (TPSA) is 87.0 Å². The minimum absolute atomic E-state index is 0.105. The van der Waals surface area contributed by atoms with Crippen molar-refractivity contribution in [2.75, 3.05) is 32.7 Å². The largest absolute Gasteiger partial charge is 0.339 e. The van der Waals surface area contributed by atoms with Crippen LogP contribution in [0.2, 0.25) is 4.34 Å². The molecule has 0 bridgehead atoms. The predicted molar refractivity (Wildman–Crippen MR) is 121 cm³/mol. The summed E-state index contributed by atoms with van der Waals surface area (Å²) in [7, 11) is -3.73. The third kappa shape index (κ3) is 4.93. The van der Waals surface area contributed by atoms with E-state index in [9.17, 15) is 13.2 Å². The molecule has 1 saturated heterocycles. The summed E-state index contributed by atoms with van der Waals surface area (Å²) in [4.78, 5) is 21.2. The number of aryl methyl sites for hydroxylation is 2. The number of carbonyl (C=O) groups is 1. The van der Waals surface area contributed by atoms with Crippen LogP contribution in [0.5, 0.6) is 0 Å². The van der Waals surface area contributed by atoms with Crippen molar-refractivity contribution in [3.8, 4) is 0 Å². The number of aromatic nitrogens is 2. The molecule has 0 aromatic carbocycles. The third-order valence-electron chi connectivity index (χ3n) is 5.41. The van der Waals surface area contributed by atoms with Crippen molar-refractivity contribution < 1.29 is 13.2 Å². The number of hydrogen-bond acceptors (Lipinski definition) is 6. The maximum absolute atomic E-state index is 12.5. The highest BCUT2D eigenvalue weighted by Crippen LogP contribution is 2.25. The van der Waals surface area contributed by atoms with E-state index in [2.05, 4.69) is 38.1 Å². The van der Waals surface area contributed by atoms with Crippen LogP contribution in [0, 0.1) is 13.8 Å². The summed E-state index contributed by atoms with van der Waals surface area (Å²) in [6.07, 6.45) is 2.05. The van der Waals surface area contributed by atoms with E-state index >= 15 is 0 Å². The number of rotatable bonds is 6. The molecule has 166 valence electrons. The molecule has 8 nitrogen and oxygen atoms in total. The van der Waals surface area contributed by atoms with Gasteiger partial charge in [-0.05, 0) is 43.7 Å². The number of nitrogens with one attached hydrogen (secondary N) is 1. The van der Waals surface area contributed by atoms with Gasteiger partial charge in [-0.15, -0.1) is 11.3 Å². The molecule has 0 radical (unpaired) electrons. The molecule has 0 atom stereocenters. The summed E-state index contributed by atoms with van der Waals surface area (Å²) in [6.45, 7) is 7.11. The van der Waals surface area contributed by atoms with E-state index in [1.165, 1.54) is 17.7 Å². The fourth-order valence-corrected chi connectivity index (χ4v) is 6.16. The number of pyridine rings is 1. The van der Waals surface area contributed by atoms with E-state index in [1.807, 2.05) is 13.1 Å². The Morgan fingerprint density at radius 2 is 1.94 bits per heavy atom. The molecule has 31 heavy (non-hydrogen) atoms. The summed E-state index contributed by atoms with van der Waals surface area (Å²) in [5, 5.41) is 0. The lowest BCUT2D eigenvalue weighted by Crippen LogP contribution is -2.50. The highest BCUT2D eigenvalue weighted by molar-refractivity contribution is 7.91. The first-order valence-corrected chi connectivity index (χ1v) is 12.6. The molecule has 1 amide bonds. The standard InChI is InChI=1S/C20H24ClN5O3S2/c1-14-5-6-26-16(15(2)23-18(26)11-14)13-24-7-9-25(10-8-24)19(27)12-22-31(28,29)20-4-3-17(21)30-20/h3-6,11,22H,7-10,12-13H2,1-2H3. The number of carbonyl (C=O) groups excluding carboxylic acids is 1. The van der Waals surface area contributed by atoms with Gasteiger partial charge in [-0.25, -0.2) is 18.1 Å². The second-order valence-electron chi connectivity index (χ2n) is 7.62. The quantitative estimate of drug-likeness (QED) is 0.583. The number of nitrogens with zero attached hydrogens (tertiary/aromatic N) is 4. The Morgan fingerprint density at radius 1 is 1.19 bits per heavy atom. The van der Waals surface area contributed by atoms with Gasteiger partial charge < -0.3 is 9.30 Å². The highest BCUT2D eigenvalue weighted by Gasteiger charge is 2.24. The van der Waals surface area contributed by atoms with E-state index < -0.39 is 10.0 Å². The summed E-state index contributed by atoms with van der Waals surface area (Å²) in [6, 6.07) is 7.09. The zero-order chi connectivity index (χ0) is 22.2. The van der Waals surface area contributed by atoms with Crippen LogP contribution in [-0.4, -0.2) is 66.2 Å². The van der Waals surface area contributed by atoms with E-state index in [0.29, 0.717) is 17.4 Å². The minimum atomic E-state index is -3.73. The third-order valence-corrected chi connectivity index (χ3v) is 8.53. The molecule has 0 unspecified atom stereocenters. The van der Waals surface area contributed by atoms with Crippen molar-refractivity contribution in [2.45, 2.75) is 24.6 Å².